The number of nitrogens with two attached hydrogens (primary N) is 1. The number of ether oxygens (including phenoxy) is 1. The normalized spacial score (nSPS) is 11.1. The van der Waals surface area contributed by atoms with Crippen molar-refractivity contribution in [1.29, 1.82) is 0 Å². The molecule has 0 atom stereocenters. The number of nitrogens with zero attached hydrogens (tertiary/aromatic N) is 1. The molecule has 0 saturated heterocycles. The van der Waals surface area contributed by atoms with Gasteiger partial charge in [0.2, 0.25) is 5.88 Å². The van der Waals surface area contributed by atoms with Gasteiger partial charge in [-0.2, -0.15) is 0 Å². The van der Waals surface area contributed by atoms with E-state index in [2.05, 4.69) is 10.3 Å². The van der Waals surface area contributed by atoms with Gasteiger partial charge in [-0.05, 0) is 17.7 Å². The molecule has 7 heteroatoms. The van der Waals surface area contributed by atoms with Crippen LogP contribution in [0.3, 0.4) is 0 Å². The molecule has 0 radical (unpaired) electrons. The predicted molar refractivity (Wildman–Crippen MR) is 82.1 cm³/mol. The zero-order valence-electron chi connectivity index (χ0n) is 11.8. The number of benzene rings is 1. The topological polar surface area (TPSA) is 94.3 Å². The molecule has 0 unspecified atom stereocenters. The van der Waals surface area contributed by atoms with E-state index in [0.717, 1.165) is 11.8 Å². The minimum atomic E-state index is -3.34. The van der Waals surface area contributed by atoms with Crippen molar-refractivity contribution in [2.24, 2.45) is 0 Å². The second-order valence-corrected chi connectivity index (χ2v) is 6.54. The fraction of sp³-hybridized carbons (Fsp3) is 0.214. The largest absolute Gasteiger partial charge is 0.481 e. The number of hydrogen-bond acceptors (Lipinski definition) is 6. The number of aromatic nitrogens is 1. The Morgan fingerprint density at radius 3 is 2.62 bits per heavy atom. The van der Waals surface area contributed by atoms with Crippen LogP contribution in [0.1, 0.15) is 5.56 Å². The fourth-order valence-corrected chi connectivity index (χ4v) is 2.69. The maximum atomic E-state index is 11.6. The Hall–Kier alpha value is -2.28. The Balaban J connectivity index is 2.16. The number of sulfone groups is 1. The van der Waals surface area contributed by atoms with Crippen molar-refractivity contribution in [1.82, 2.24) is 4.98 Å². The summed E-state index contributed by atoms with van der Waals surface area (Å²) in [7, 11) is -1.79. The zero-order valence-corrected chi connectivity index (χ0v) is 12.6. The maximum Gasteiger partial charge on any atom is 0.212 e. The molecule has 21 heavy (non-hydrogen) atoms. The highest BCUT2D eigenvalue weighted by molar-refractivity contribution is 7.90. The van der Waals surface area contributed by atoms with Gasteiger partial charge in [0.15, 0.2) is 9.84 Å². The number of methoxy groups -OCH3 is 1. The molecular formula is C14H17N3O3S. The minimum Gasteiger partial charge on any atom is -0.481 e. The molecular weight excluding hydrogens is 290 g/mol. The van der Waals surface area contributed by atoms with E-state index >= 15 is 0 Å². The molecule has 1 aromatic heterocycles. The Morgan fingerprint density at radius 1 is 1.29 bits per heavy atom. The summed E-state index contributed by atoms with van der Waals surface area (Å²) in [6.45, 7) is 0.481. The lowest BCUT2D eigenvalue weighted by Gasteiger charge is -2.12. The molecule has 3 N–H and O–H groups in total. The summed E-state index contributed by atoms with van der Waals surface area (Å²) in [6.07, 6.45) is 2.82. The second kappa shape index (κ2) is 6.01. The summed E-state index contributed by atoms with van der Waals surface area (Å²) in [5, 5.41) is 3.11. The van der Waals surface area contributed by atoms with Crippen LogP contribution in [-0.4, -0.2) is 26.8 Å². The van der Waals surface area contributed by atoms with E-state index < -0.39 is 9.84 Å². The number of nitrogen functional groups attached to an aromatic ring is 1. The van der Waals surface area contributed by atoms with Gasteiger partial charge in [-0.25, -0.2) is 13.4 Å². The van der Waals surface area contributed by atoms with Gasteiger partial charge in [0, 0.05) is 25.1 Å². The Bertz CT molecular complexity index is 728. The zero-order chi connectivity index (χ0) is 15.5. The molecule has 1 aromatic carbocycles. The number of pyridine rings is 1. The molecule has 0 spiro atoms. The van der Waals surface area contributed by atoms with Gasteiger partial charge in [-0.1, -0.05) is 12.1 Å². The standard InChI is InChI=1S/C14H17N3O3S/c1-20-13-7-6-10(9-17-13)8-16-11-4-3-5-12(14(11)15)21(2,18)19/h3-7,9,16H,8,15H2,1-2H3. The molecule has 0 aliphatic rings. The molecule has 0 saturated carbocycles. The third-order valence-corrected chi connectivity index (χ3v) is 4.11. The lowest BCUT2D eigenvalue weighted by Crippen LogP contribution is -2.07. The molecule has 112 valence electrons. The Morgan fingerprint density at radius 2 is 2.05 bits per heavy atom. The average Bonchev–Trinajstić information content (AvgIpc) is 2.45. The highest BCUT2D eigenvalue weighted by Crippen LogP contribution is 2.26. The van der Waals surface area contributed by atoms with Crippen molar-refractivity contribution >= 4 is 21.2 Å². The van der Waals surface area contributed by atoms with Crippen LogP contribution in [0.4, 0.5) is 11.4 Å². The smallest absolute Gasteiger partial charge is 0.212 e. The molecule has 2 aromatic rings. The van der Waals surface area contributed by atoms with Gasteiger partial charge in [0.25, 0.3) is 0 Å². The second-order valence-electron chi connectivity index (χ2n) is 4.55. The first-order valence-electron chi connectivity index (χ1n) is 6.23. The van der Waals surface area contributed by atoms with Crippen LogP contribution < -0.4 is 15.8 Å². The molecule has 6 nitrogen and oxygen atoms in total. The van der Waals surface area contributed by atoms with Crippen LogP contribution in [-0.2, 0) is 16.4 Å². The van der Waals surface area contributed by atoms with E-state index in [1.54, 1.807) is 31.5 Å². The molecule has 0 aliphatic heterocycles. The molecule has 1 heterocycles. The molecule has 0 amide bonds. The lowest BCUT2D eigenvalue weighted by molar-refractivity contribution is 0.397. The lowest BCUT2D eigenvalue weighted by atomic mass is 10.2. The highest BCUT2D eigenvalue weighted by atomic mass is 32.2. The number of rotatable bonds is 5. The Labute approximate surface area is 123 Å². The van der Waals surface area contributed by atoms with Gasteiger partial charge < -0.3 is 15.8 Å². The van der Waals surface area contributed by atoms with Crippen molar-refractivity contribution in [2.75, 3.05) is 24.4 Å². The Kier molecular flexibility index (Phi) is 4.32. The third-order valence-electron chi connectivity index (χ3n) is 2.96. The van der Waals surface area contributed by atoms with Crippen molar-refractivity contribution < 1.29 is 13.2 Å². The fourth-order valence-electron chi connectivity index (χ4n) is 1.86. The predicted octanol–water partition coefficient (Wildman–Crippen LogP) is 1.69. The summed E-state index contributed by atoms with van der Waals surface area (Å²) in [4.78, 5) is 4.22. The van der Waals surface area contributed by atoms with Crippen LogP contribution in [0.2, 0.25) is 0 Å². The number of hydrogen-bond donors (Lipinski definition) is 2. The van der Waals surface area contributed by atoms with Gasteiger partial charge >= 0.3 is 0 Å². The van der Waals surface area contributed by atoms with Gasteiger partial charge in [-0.15, -0.1) is 0 Å². The summed E-state index contributed by atoms with van der Waals surface area (Å²) < 4.78 is 28.2. The maximum absolute atomic E-state index is 11.6. The highest BCUT2D eigenvalue weighted by Gasteiger charge is 2.13. The minimum absolute atomic E-state index is 0.125. The first kappa shape index (κ1) is 15.1. The average molecular weight is 307 g/mol. The number of anilines is 2. The molecule has 0 fully saturated rings. The van der Waals surface area contributed by atoms with Crippen molar-refractivity contribution in [2.45, 2.75) is 11.4 Å². The van der Waals surface area contributed by atoms with E-state index in [1.165, 1.54) is 6.07 Å². The SMILES string of the molecule is COc1ccc(CNc2cccc(S(C)(=O)=O)c2N)cn1. The van der Waals surface area contributed by atoms with Crippen LogP contribution in [0.25, 0.3) is 0 Å². The first-order chi connectivity index (χ1) is 9.91. The van der Waals surface area contributed by atoms with Crippen LogP contribution in [0.15, 0.2) is 41.4 Å². The van der Waals surface area contributed by atoms with Crippen LogP contribution in [0.5, 0.6) is 5.88 Å². The van der Waals surface area contributed by atoms with E-state index in [1.807, 2.05) is 6.07 Å². The quantitative estimate of drug-likeness (QED) is 0.816. The summed E-state index contributed by atoms with van der Waals surface area (Å²) in [5.41, 5.74) is 7.63. The molecule has 0 aliphatic carbocycles. The van der Waals surface area contributed by atoms with Gasteiger partial charge in [-0.3, -0.25) is 0 Å². The van der Waals surface area contributed by atoms with Gasteiger partial charge in [0.05, 0.1) is 23.4 Å². The van der Waals surface area contributed by atoms with Crippen LogP contribution in [0, 0.1) is 0 Å². The molecule has 2 rings (SSSR count). The molecule has 0 bridgehead atoms. The summed E-state index contributed by atoms with van der Waals surface area (Å²) in [5.74, 6) is 0.539. The summed E-state index contributed by atoms with van der Waals surface area (Å²) in [6, 6.07) is 8.51. The van der Waals surface area contributed by atoms with E-state index in [-0.39, 0.29) is 10.6 Å². The van der Waals surface area contributed by atoms with Crippen LogP contribution >= 0.6 is 0 Å². The third kappa shape index (κ3) is 3.63. The van der Waals surface area contributed by atoms with E-state index in [9.17, 15) is 8.42 Å². The van der Waals surface area contributed by atoms with Crippen molar-refractivity contribution in [3.8, 4) is 5.88 Å². The number of para-hydroxylation sites is 1. The van der Waals surface area contributed by atoms with Crippen molar-refractivity contribution in [3.05, 3.63) is 42.1 Å². The monoisotopic (exact) mass is 307 g/mol. The van der Waals surface area contributed by atoms with E-state index in [4.69, 9.17) is 10.5 Å². The van der Waals surface area contributed by atoms with E-state index in [0.29, 0.717) is 18.1 Å². The first-order valence-corrected chi connectivity index (χ1v) is 8.12. The van der Waals surface area contributed by atoms with Crippen molar-refractivity contribution in [3.63, 3.8) is 0 Å². The summed E-state index contributed by atoms with van der Waals surface area (Å²) >= 11 is 0. The van der Waals surface area contributed by atoms with Gasteiger partial charge in [0.1, 0.15) is 0 Å². The number of nitrogens with one attached hydrogen (secondary N) is 1.